The third-order valence-electron chi connectivity index (χ3n) is 4.05. The monoisotopic (exact) mass is 340 g/mol. The third-order valence-corrected chi connectivity index (χ3v) is 5.43. The zero-order valence-corrected chi connectivity index (χ0v) is 15.5. The molecular formula is C19H32O3S. The quantitative estimate of drug-likeness (QED) is 0.341. The van der Waals surface area contributed by atoms with Crippen LogP contribution in [0.1, 0.15) is 78.1 Å². The molecule has 0 spiro atoms. The van der Waals surface area contributed by atoms with Crippen molar-refractivity contribution in [3.8, 4) is 0 Å². The predicted molar refractivity (Wildman–Crippen MR) is 96.0 cm³/mol. The molecule has 1 aromatic rings. The molecule has 4 heteroatoms. The Morgan fingerprint density at radius 2 is 1.35 bits per heavy atom. The first-order chi connectivity index (χ1) is 11.1. The van der Waals surface area contributed by atoms with E-state index in [2.05, 4.69) is 13.8 Å². The molecule has 0 bridgehead atoms. The van der Waals surface area contributed by atoms with Gasteiger partial charge in [0, 0.05) is 0 Å². The molecule has 3 nitrogen and oxygen atoms in total. The minimum Gasteiger partial charge on any atom is -0.263 e. The van der Waals surface area contributed by atoms with Crippen molar-refractivity contribution < 1.29 is 12.6 Å². The van der Waals surface area contributed by atoms with Crippen molar-refractivity contribution in [2.45, 2.75) is 89.1 Å². The standard InChI is InChI=1S/C19H32O3S/c1-3-5-7-8-11-15-18(14-10-6-4-2)22-23(20,21)19-16-12-9-13-17-19/h9,12-13,16-18H,3-8,10-11,14-15H2,1-2H3. The van der Waals surface area contributed by atoms with Crippen LogP contribution >= 0.6 is 0 Å². The largest absolute Gasteiger partial charge is 0.297 e. The average Bonchev–Trinajstić information content (AvgIpc) is 2.55. The van der Waals surface area contributed by atoms with Crippen molar-refractivity contribution in [2.24, 2.45) is 0 Å². The number of rotatable bonds is 13. The zero-order chi connectivity index (χ0) is 17.0. The molecule has 0 saturated heterocycles. The van der Waals surface area contributed by atoms with Gasteiger partial charge in [0.25, 0.3) is 10.1 Å². The molecule has 23 heavy (non-hydrogen) atoms. The second-order valence-electron chi connectivity index (χ2n) is 6.18. The SMILES string of the molecule is CCCCCCCC(CCCCC)OS(=O)(=O)c1ccccc1. The molecule has 0 fully saturated rings. The van der Waals surface area contributed by atoms with Gasteiger partial charge in [0.15, 0.2) is 0 Å². The van der Waals surface area contributed by atoms with Crippen LogP contribution in [0, 0.1) is 0 Å². The molecule has 0 aliphatic carbocycles. The Morgan fingerprint density at radius 3 is 1.96 bits per heavy atom. The highest BCUT2D eigenvalue weighted by Crippen LogP contribution is 2.21. The highest BCUT2D eigenvalue weighted by Gasteiger charge is 2.21. The lowest BCUT2D eigenvalue weighted by Gasteiger charge is -2.17. The van der Waals surface area contributed by atoms with Crippen LogP contribution in [0.3, 0.4) is 0 Å². The summed E-state index contributed by atoms with van der Waals surface area (Å²) < 4.78 is 30.3. The van der Waals surface area contributed by atoms with Gasteiger partial charge in [-0.2, -0.15) is 8.42 Å². The first-order valence-corrected chi connectivity index (χ1v) is 10.5. The number of hydrogen-bond donors (Lipinski definition) is 0. The highest BCUT2D eigenvalue weighted by molar-refractivity contribution is 7.86. The fraction of sp³-hybridized carbons (Fsp3) is 0.684. The van der Waals surface area contributed by atoms with Crippen LogP contribution in [0.4, 0.5) is 0 Å². The first kappa shape index (κ1) is 20.2. The van der Waals surface area contributed by atoms with E-state index in [-0.39, 0.29) is 11.0 Å². The summed E-state index contributed by atoms with van der Waals surface area (Å²) in [7, 11) is -3.64. The molecule has 0 radical (unpaired) electrons. The minimum atomic E-state index is -3.64. The predicted octanol–water partition coefficient (Wildman–Crippen LogP) is 5.70. The Bertz CT molecular complexity index is 497. The van der Waals surface area contributed by atoms with E-state index in [1.807, 2.05) is 6.07 Å². The summed E-state index contributed by atoms with van der Waals surface area (Å²) in [6, 6.07) is 8.46. The van der Waals surface area contributed by atoms with Crippen LogP contribution in [-0.4, -0.2) is 14.5 Å². The molecule has 0 N–H and O–H groups in total. The fourth-order valence-electron chi connectivity index (χ4n) is 2.66. The van der Waals surface area contributed by atoms with E-state index >= 15 is 0 Å². The van der Waals surface area contributed by atoms with Gasteiger partial charge in [0.05, 0.1) is 11.0 Å². The van der Waals surface area contributed by atoms with Crippen LogP contribution in [0.2, 0.25) is 0 Å². The van der Waals surface area contributed by atoms with Gasteiger partial charge in [-0.1, -0.05) is 83.4 Å². The molecule has 0 aliphatic heterocycles. The van der Waals surface area contributed by atoms with Gasteiger partial charge in [-0.05, 0) is 25.0 Å². The van der Waals surface area contributed by atoms with Crippen LogP contribution in [0.5, 0.6) is 0 Å². The van der Waals surface area contributed by atoms with Gasteiger partial charge in [0.2, 0.25) is 0 Å². The molecule has 0 aliphatic rings. The summed E-state index contributed by atoms with van der Waals surface area (Å²) in [6.07, 6.45) is 10.7. The molecule has 1 aromatic carbocycles. The Labute approximate surface area is 142 Å². The molecule has 0 heterocycles. The van der Waals surface area contributed by atoms with E-state index in [4.69, 9.17) is 4.18 Å². The Morgan fingerprint density at radius 1 is 0.826 bits per heavy atom. The summed E-state index contributed by atoms with van der Waals surface area (Å²) in [4.78, 5) is 0.256. The third kappa shape index (κ3) is 8.52. The normalized spacial score (nSPS) is 13.1. The van der Waals surface area contributed by atoms with E-state index < -0.39 is 10.1 Å². The van der Waals surface area contributed by atoms with Gasteiger partial charge in [-0.25, -0.2) is 0 Å². The van der Waals surface area contributed by atoms with Crippen molar-refractivity contribution in [2.75, 3.05) is 0 Å². The van der Waals surface area contributed by atoms with Crippen LogP contribution in [0.25, 0.3) is 0 Å². The van der Waals surface area contributed by atoms with Crippen LogP contribution < -0.4 is 0 Å². The van der Waals surface area contributed by atoms with Crippen molar-refractivity contribution in [1.29, 1.82) is 0 Å². The molecule has 1 unspecified atom stereocenters. The first-order valence-electron chi connectivity index (χ1n) is 9.08. The number of hydrogen-bond acceptors (Lipinski definition) is 3. The second-order valence-corrected chi connectivity index (χ2v) is 7.76. The summed E-state index contributed by atoms with van der Waals surface area (Å²) in [5, 5.41) is 0. The Balaban J connectivity index is 2.56. The summed E-state index contributed by atoms with van der Waals surface area (Å²) in [5.41, 5.74) is 0. The molecule has 0 amide bonds. The van der Waals surface area contributed by atoms with Crippen molar-refractivity contribution in [3.63, 3.8) is 0 Å². The highest BCUT2D eigenvalue weighted by atomic mass is 32.2. The lowest BCUT2D eigenvalue weighted by Crippen LogP contribution is -2.19. The van der Waals surface area contributed by atoms with Gasteiger partial charge >= 0.3 is 0 Å². The molecule has 132 valence electrons. The van der Waals surface area contributed by atoms with Crippen molar-refractivity contribution in [3.05, 3.63) is 30.3 Å². The molecule has 1 rings (SSSR count). The van der Waals surface area contributed by atoms with Gasteiger partial charge in [-0.3, -0.25) is 4.18 Å². The molecule has 0 aromatic heterocycles. The number of benzene rings is 1. The smallest absolute Gasteiger partial charge is 0.263 e. The maximum absolute atomic E-state index is 12.4. The van der Waals surface area contributed by atoms with Gasteiger partial charge in [0.1, 0.15) is 0 Å². The number of unbranched alkanes of at least 4 members (excludes halogenated alkanes) is 6. The van der Waals surface area contributed by atoms with Gasteiger partial charge < -0.3 is 0 Å². The topological polar surface area (TPSA) is 43.4 Å². The maximum Gasteiger partial charge on any atom is 0.297 e. The summed E-state index contributed by atoms with van der Waals surface area (Å²) >= 11 is 0. The second kappa shape index (κ2) is 11.6. The van der Waals surface area contributed by atoms with Crippen LogP contribution in [-0.2, 0) is 14.3 Å². The van der Waals surface area contributed by atoms with E-state index in [1.165, 1.54) is 19.3 Å². The lowest BCUT2D eigenvalue weighted by atomic mass is 10.0. The van der Waals surface area contributed by atoms with Crippen molar-refractivity contribution in [1.82, 2.24) is 0 Å². The molecule has 0 saturated carbocycles. The van der Waals surface area contributed by atoms with E-state index in [0.29, 0.717) is 0 Å². The Hall–Kier alpha value is -0.870. The van der Waals surface area contributed by atoms with E-state index in [1.54, 1.807) is 24.3 Å². The summed E-state index contributed by atoms with van der Waals surface area (Å²) in [5.74, 6) is 0. The maximum atomic E-state index is 12.4. The fourth-order valence-corrected chi connectivity index (χ4v) is 3.81. The molecular weight excluding hydrogens is 308 g/mol. The van der Waals surface area contributed by atoms with Gasteiger partial charge in [-0.15, -0.1) is 0 Å². The summed E-state index contributed by atoms with van der Waals surface area (Å²) in [6.45, 7) is 4.35. The molecule has 1 atom stereocenters. The van der Waals surface area contributed by atoms with E-state index in [0.717, 1.165) is 44.9 Å². The lowest BCUT2D eigenvalue weighted by molar-refractivity contribution is 0.180. The Kier molecular flexibility index (Phi) is 10.2. The van der Waals surface area contributed by atoms with Crippen molar-refractivity contribution >= 4 is 10.1 Å². The zero-order valence-electron chi connectivity index (χ0n) is 14.7. The van der Waals surface area contributed by atoms with Crippen LogP contribution in [0.15, 0.2) is 35.2 Å². The average molecular weight is 341 g/mol. The van der Waals surface area contributed by atoms with E-state index in [9.17, 15) is 8.42 Å². The minimum absolute atomic E-state index is 0.187.